The highest BCUT2D eigenvalue weighted by atomic mass is 79.9. The van der Waals surface area contributed by atoms with Crippen LogP contribution in [0.1, 0.15) is 71.1 Å². The van der Waals surface area contributed by atoms with E-state index in [1.165, 1.54) is 51.4 Å². The molecule has 104 valence electrons. The minimum Gasteiger partial charge on any atom is -0.0889 e. The van der Waals surface area contributed by atoms with Gasteiger partial charge < -0.3 is 0 Å². The van der Waals surface area contributed by atoms with Gasteiger partial charge in [0.2, 0.25) is 0 Å². The molecule has 0 aromatic rings. The average Bonchev–Trinajstić information content (AvgIpc) is 2.19. The van der Waals surface area contributed by atoms with Crippen LogP contribution >= 0.6 is 50.7 Å². The first-order valence-electron chi connectivity index (χ1n) is 6.66. The molecular formula is C13H24BrCl3. The second kappa shape index (κ2) is 11.2. The first kappa shape index (κ1) is 18.4. The van der Waals surface area contributed by atoms with Gasteiger partial charge in [0.1, 0.15) is 0 Å². The lowest BCUT2D eigenvalue weighted by Gasteiger charge is -2.15. The molecular weight excluding hydrogens is 342 g/mol. The van der Waals surface area contributed by atoms with Gasteiger partial charge in [0.05, 0.1) is 0 Å². The summed E-state index contributed by atoms with van der Waals surface area (Å²) in [5.41, 5.74) is 0. The smallest absolute Gasteiger partial charge is 0.0889 e. The van der Waals surface area contributed by atoms with Crippen LogP contribution in [0, 0.1) is 0 Å². The molecule has 0 aromatic heterocycles. The number of hydrogen-bond acceptors (Lipinski definition) is 0. The Morgan fingerprint density at radius 3 is 1.82 bits per heavy atom. The van der Waals surface area contributed by atoms with Gasteiger partial charge in [0.25, 0.3) is 0 Å². The zero-order chi connectivity index (χ0) is 13.1. The zero-order valence-electron chi connectivity index (χ0n) is 10.7. The lowest BCUT2D eigenvalue weighted by Crippen LogP contribution is -2.11. The summed E-state index contributed by atoms with van der Waals surface area (Å²) < 4.78 is -1.12. The fourth-order valence-electron chi connectivity index (χ4n) is 1.85. The first-order chi connectivity index (χ1) is 7.95. The molecule has 1 atom stereocenters. The first-order valence-corrected chi connectivity index (χ1v) is 8.71. The van der Waals surface area contributed by atoms with Gasteiger partial charge in [0, 0.05) is 11.2 Å². The number of alkyl halides is 4. The zero-order valence-corrected chi connectivity index (χ0v) is 14.5. The second-order valence-corrected chi connectivity index (χ2v) is 8.49. The third kappa shape index (κ3) is 15.3. The maximum Gasteiger partial charge on any atom is 0.191 e. The van der Waals surface area contributed by atoms with Gasteiger partial charge in [0.15, 0.2) is 3.79 Å². The molecule has 0 fully saturated rings. The van der Waals surface area contributed by atoms with Crippen molar-refractivity contribution in [2.24, 2.45) is 0 Å². The van der Waals surface area contributed by atoms with Crippen molar-refractivity contribution < 1.29 is 0 Å². The summed E-state index contributed by atoms with van der Waals surface area (Å²) in [6.45, 7) is 2.25. The molecule has 0 nitrogen and oxygen atoms in total. The van der Waals surface area contributed by atoms with Crippen molar-refractivity contribution in [3.05, 3.63) is 0 Å². The van der Waals surface area contributed by atoms with Crippen LogP contribution in [0.4, 0.5) is 0 Å². The van der Waals surface area contributed by atoms with E-state index >= 15 is 0 Å². The molecule has 0 N–H and O–H groups in total. The third-order valence-corrected chi connectivity index (χ3v) is 4.07. The predicted octanol–water partition coefficient (Wildman–Crippen LogP) is 7.04. The Morgan fingerprint density at radius 1 is 0.882 bits per heavy atom. The number of hydrogen-bond donors (Lipinski definition) is 0. The summed E-state index contributed by atoms with van der Waals surface area (Å²) in [6.07, 6.45) is 12.4. The van der Waals surface area contributed by atoms with E-state index in [0.29, 0.717) is 11.2 Å². The van der Waals surface area contributed by atoms with Gasteiger partial charge in [-0.3, -0.25) is 0 Å². The van der Waals surface area contributed by atoms with E-state index in [0.717, 1.165) is 6.42 Å². The van der Waals surface area contributed by atoms with E-state index in [1.54, 1.807) is 0 Å². The van der Waals surface area contributed by atoms with Gasteiger partial charge in [-0.05, 0) is 6.42 Å². The lowest BCUT2D eigenvalue weighted by molar-refractivity contribution is 0.557. The van der Waals surface area contributed by atoms with Crippen molar-refractivity contribution in [2.45, 2.75) is 79.8 Å². The predicted molar refractivity (Wildman–Crippen MR) is 84.8 cm³/mol. The summed E-state index contributed by atoms with van der Waals surface area (Å²) in [5, 5.41) is 0. The second-order valence-electron chi connectivity index (χ2n) is 4.68. The standard InChI is InChI=1S/C13H24BrCl3/c1-2-3-4-5-6-7-8-9-10-12(14)11-13(15,16)17/h12H,2-11H2,1H3. The van der Waals surface area contributed by atoms with Gasteiger partial charge in [-0.25, -0.2) is 0 Å². The molecule has 0 rings (SSSR count). The molecule has 0 heterocycles. The van der Waals surface area contributed by atoms with Crippen LogP contribution < -0.4 is 0 Å². The lowest BCUT2D eigenvalue weighted by atomic mass is 10.1. The summed E-state index contributed by atoms with van der Waals surface area (Å²) in [7, 11) is 0. The molecule has 0 saturated carbocycles. The Hall–Kier alpha value is 1.35. The highest BCUT2D eigenvalue weighted by molar-refractivity contribution is 9.09. The summed E-state index contributed by atoms with van der Waals surface area (Å²) >= 11 is 20.8. The molecule has 0 amide bonds. The van der Waals surface area contributed by atoms with E-state index in [1.807, 2.05) is 0 Å². The molecule has 0 aliphatic rings. The van der Waals surface area contributed by atoms with Gasteiger partial charge in [-0.1, -0.05) is 109 Å². The van der Waals surface area contributed by atoms with E-state index in [4.69, 9.17) is 34.8 Å². The van der Waals surface area contributed by atoms with E-state index in [2.05, 4.69) is 22.9 Å². The minimum atomic E-state index is -1.12. The monoisotopic (exact) mass is 364 g/mol. The summed E-state index contributed by atoms with van der Waals surface area (Å²) in [6, 6.07) is 0. The fourth-order valence-corrected chi connectivity index (χ4v) is 3.78. The summed E-state index contributed by atoms with van der Waals surface area (Å²) in [5.74, 6) is 0. The van der Waals surface area contributed by atoms with Gasteiger partial charge in [-0.2, -0.15) is 0 Å². The van der Waals surface area contributed by atoms with Gasteiger partial charge in [-0.15, -0.1) is 0 Å². The van der Waals surface area contributed by atoms with Crippen molar-refractivity contribution >= 4 is 50.7 Å². The van der Waals surface area contributed by atoms with Crippen molar-refractivity contribution in [3.63, 3.8) is 0 Å². The quantitative estimate of drug-likeness (QED) is 0.287. The molecule has 1 unspecified atom stereocenters. The van der Waals surface area contributed by atoms with Crippen LogP contribution in [0.3, 0.4) is 0 Å². The van der Waals surface area contributed by atoms with Crippen LogP contribution in [-0.4, -0.2) is 8.62 Å². The Labute approximate surface area is 130 Å². The largest absolute Gasteiger partial charge is 0.191 e. The highest BCUT2D eigenvalue weighted by Crippen LogP contribution is 2.34. The topological polar surface area (TPSA) is 0 Å². The Balaban J connectivity index is 3.22. The van der Waals surface area contributed by atoms with Crippen molar-refractivity contribution in [1.29, 1.82) is 0 Å². The molecule has 0 saturated heterocycles. The van der Waals surface area contributed by atoms with E-state index in [9.17, 15) is 0 Å². The Kier molecular flexibility index (Phi) is 12.1. The highest BCUT2D eigenvalue weighted by Gasteiger charge is 2.23. The molecule has 0 aromatic carbocycles. The SMILES string of the molecule is CCCCCCCCCCC(Br)CC(Cl)(Cl)Cl. The average molecular weight is 367 g/mol. The molecule has 0 spiro atoms. The van der Waals surface area contributed by atoms with Crippen molar-refractivity contribution in [1.82, 2.24) is 0 Å². The molecule has 4 heteroatoms. The Morgan fingerprint density at radius 2 is 1.35 bits per heavy atom. The molecule has 0 aliphatic heterocycles. The normalized spacial score (nSPS) is 13.9. The maximum atomic E-state index is 5.74. The molecule has 0 bridgehead atoms. The Bertz CT molecular complexity index is 169. The maximum absolute atomic E-state index is 5.74. The van der Waals surface area contributed by atoms with Crippen molar-refractivity contribution in [2.75, 3.05) is 0 Å². The fraction of sp³-hybridized carbons (Fsp3) is 1.00. The van der Waals surface area contributed by atoms with Crippen LogP contribution in [0.15, 0.2) is 0 Å². The van der Waals surface area contributed by atoms with Crippen molar-refractivity contribution in [3.8, 4) is 0 Å². The van der Waals surface area contributed by atoms with Crippen LogP contribution in [-0.2, 0) is 0 Å². The van der Waals surface area contributed by atoms with Gasteiger partial charge >= 0.3 is 0 Å². The molecule has 0 aliphatic carbocycles. The molecule has 17 heavy (non-hydrogen) atoms. The molecule has 0 radical (unpaired) electrons. The van der Waals surface area contributed by atoms with E-state index < -0.39 is 3.79 Å². The number of rotatable bonds is 10. The van der Waals surface area contributed by atoms with Crippen LogP contribution in [0.25, 0.3) is 0 Å². The summed E-state index contributed by atoms with van der Waals surface area (Å²) in [4.78, 5) is 0.329. The third-order valence-electron chi connectivity index (χ3n) is 2.82. The van der Waals surface area contributed by atoms with Crippen LogP contribution in [0.2, 0.25) is 0 Å². The number of halogens is 4. The van der Waals surface area contributed by atoms with E-state index in [-0.39, 0.29) is 0 Å². The van der Waals surface area contributed by atoms with Crippen LogP contribution in [0.5, 0.6) is 0 Å². The number of unbranched alkanes of at least 4 members (excludes halogenated alkanes) is 7. The minimum absolute atomic E-state index is 0.329.